The minimum Gasteiger partial charge on any atom is -0.490 e. The van der Waals surface area contributed by atoms with Gasteiger partial charge in [0, 0.05) is 12.6 Å². The van der Waals surface area contributed by atoms with E-state index in [-0.39, 0.29) is 6.03 Å². The van der Waals surface area contributed by atoms with Gasteiger partial charge >= 0.3 is 6.03 Å². The van der Waals surface area contributed by atoms with Crippen LogP contribution in [0, 0.1) is 6.92 Å². The number of aryl methyl sites for hydroxylation is 1. The van der Waals surface area contributed by atoms with Gasteiger partial charge in [-0.15, -0.1) is 0 Å². The molecule has 1 aliphatic heterocycles. The lowest BCUT2D eigenvalue weighted by atomic mass is 9.98. The summed E-state index contributed by atoms with van der Waals surface area (Å²) in [6, 6.07) is 12.4. The molecule has 0 spiro atoms. The van der Waals surface area contributed by atoms with Gasteiger partial charge in [0.05, 0.1) is 17.6 Å². The third-order valence-corrected chi connectivity index (χ3v) is 4.64. The Morgan fingerprint density at radius 1 is 1.30 bits per heavy atom. The lowest BCUT2D eigenvalue weighted by molar-refractivity contribution is 0.190. The third kappa shape index (κ3) is 3.20. The second-order valence-electron chi connectivity index (χ2n) is 5.59. The molecule has 4 nitrogen and oxygen atoms in total. The van der Waals surface area contributed by atoms with Crippen molar-refractivity contribution in [1.82, 2.24) is 10.2 Å². The fourth-order valence-electron chi connectivity index (χ4n) is 2.86. The maximum Gasteiger partial charge on any atom is 0.317 e. The van der Waals surface area contributed by atoms with Crippen LogP contribution in [0.1, 0.15) is 11.1 Å². The SMILES string of the molecule is CNC(=O)N1CCOc2c(Br)cc(-c3ccccc3C)cc2C1. The van der Waals surface area contributed by atoms with E-state index < -0.39 is 0 Å². The van der Waals surface area contributed by atoms with E-state index in [1.54, 1.807) is 11.9 Å². The first kappa shape index (κ1) is 15.9. The minimum absolute atomic E-state index is 0.0844. The van der Waals surface area contributed by atoms with Gasteiger partial charge in [0.25, 0.3) is 0 Å². The first-order valence-corrected chi connectivity index (χ1v) is 8.37. The molecule has 3 rings (SSSR count). The smallest absolute Gasteiger partial charge is 0.317 e. The summed E-state index contributed by atoms with van der Waals surface area (Å²) in [7, 11) is 1.65. The summed E-state index contributed by atoms with van der Waals surface area (Å²) in [5, 5.41) is 2.68. The molecule has 0 aliphatic carbocycles. The minimum atomic E-state index is -0.0844. The van der Waals surface area contributed by atoms with Crippen molar-refractivity contribution in [1.29, 1.82) is 0 Å². The van der Waals surface area contributed by atoms with Crippen molar-refractivity contribution in [2.75, 3.05) is 20.2 Å². The number of hydrogen-bond donors (Lipinski definition) is 1. The van der Waals surface area contributed by atoms with Gasteiger partial charge in [0.2, 0.25) is 0 Å². The number of benzene rings is 2. The van der Waals surface area contributed by atoms with Crippen molar-refractivity contribution in [3.8, 4) is 16.9 Å². The zero-order chi connectivity index (χ0) is 16.4. The second kappa shape index (κ2) is 6.62. The highest BCUT2D eigenvalue weighted by molar-refractivity contribution is 9.10. The highest BCUT2D eigenvalue weighted by atomic mass is 79.9. The van der Waals surface area contributed by atoms with Crippen LogP contribution in [0.2, 0.25) is 0 Å². The van der Waals surface area contributed by atoms with Gasteiger partial charge in [-0.05, 0) is 51.7 Å². The summed E-state index contributed by atoms with van der Waals surface area (Å²) >= 11 is 3.62. The van der Waals surface area contributed by atoms with E-state index in [1.165, 1.54) is 11.1 Å². The molecule has 120 valence electrons. The molecule has 0 saturated heterocycles. The van der Waals surface area contributed by atoms with Gasteiger partial charge in [-0.1, -0.05) is 24.3 Å². The molecule has 23 heavy (non-hydrogen) atoms. The largest absolute Gasteiger partial charge is 0.490 e. The molecule has 0 radical (unpaired) electrons. The number of ether oxygens (including phenoxy) is 1. The molecule has 0 aromatic heterocycles. The van der Waals surface area contributed by atoms with Crippen molar-refractivity contribution in [2.45, 2.75) is 13.5 Å². The number of nitrogens with zero attached hydrogens (tertiary/aromatic N) is 1. The predicted octanol–water partition coefficient (Wildman–Crippen LogP) is 3.96. The van der Waals surface area contributed by atoms with Crippen molar-refractivity contribution < 1.29 is 9.53 Å². The third-order valence-electron chi connectivity index (χ3n) is 4.05. The van der Waals surface area contributed by atoms with E-state index >= 15 is 0 Å². The number of nitrogens with one attached hydrogen (secondary N) is 1. The van der Waals surface area contributed by atoms with Crippen molar-refractivity contribution in [3.63, 3.8) is 0 Å². The van der Waals surface area contributed by atoms with Gasteiger partial charge in [-0.2, -0.15) is 0 Å². The number of urea groups is 1. The van der Waals surface area contributed by atoms with Crippen LogP contribution in [0.3, 0.4) is 0 Å². The van der Waals surface area contributed by atoms with Crippen molar-refractivity contribution in [3.05, 3.63) is 52.0 Å². The topological polar surface area (TPSA) is 41.6 Å². The summed E-state index contributed by atoms with van der Waals surface area (Å²) in [5.41, 5.74) is 4.54. The molecule has 0 fully saturated rings. The van der Waals surface area contributed by atoms with Crippen LogP contribution in [0.4, 0.5) is 4.79 Å². The van der Waals surface area contributed by atoms with E-state index in [2.05, 4.69) is 52.4 Å². The molecule has 0 saturated carbocycles. The van der Waals surface area contributed by atoms with Crippen LogP contribution < -0.4 is 10.1 Å². The number of carbonyl (C=O) groups is 1. The monoisotopic (exact) mass is 374 g/mol. The van der Waals surface area contributed by atoms with Gasteiger partial charge in [-0.3, -0.25) is 0 Å². The van der Waals surface area contributed by atoms with Gasteiger partial charge in [-0.25, -0.2) is 4.79 Å². The van der Waals surface area contributed by atoms with Gasteiger partial charge in [0.1, 0.15) is 12.4 Å². The Kier molecular flexibility index (Phi) is 4.57. The normalized spacial score (nSPS) is 13.8. The maximum atomic E-state index is 12.0. The lowest BCUT2D eigenvalue weighted by Gasteiger charge is -2.19. The number of carbonyl (C=O) groups excluding carboxylic acids is 1. The Balaban J connectivity index is 2.05. The summed E-state index contributed by atoms with van der Waals surface area (Å²) in [6.45, 7) is 3.69. The molecule has 1 N–H and O–H groups in total. The number of amides is 2. The van der Waals surface area contributed by atoms with E-state index in [1.807, 2.05) is 12.1 Å². The Labute approximate surface area is 144 Å². The maximum absolute atomic E-state index is 12.0. The molecule has 1 aliphatic rings. The zero-order valence-electron chi connectivity index (χ0n) is 13.2. The Bertz CT molecular complexity index is 746. The standard InChI is InChI=1S/C18H19BrN2O2/c1-12-5-3-4-6-15(12)13-9-14-11-21(18(22)20-2)7-8-23-17(14)16(19)10-13/h3-6,9-10H,7-8,11H2,1-2H3,(H,20,22). The van der Waals surface area contributed by atoms with Crippen LogP contribution in [0.5, 0.6) is 5.75 Å². The van der Waals surface area contributed by atoms with E-state index in [0.29, 0.717) is 19.7 Å². The average molecular weight is 375 g/mol. The van der Waals surface area contributed by atoms with Crippen LogP contribution in [0.15, 0.2) is 40.9 Å². The highest BCUT2D eigenvalue weighted by Gasteiger charge is 2.21. The Morgan fingerprint density at radius 2 is 2.09 bits per heavy atom. The van der Waals surface area contributed by atoms with Crippen molar-refractivity contribution in [2.24, 2.45) is 0 Å². The molecule has 2 aromatic rings. The van der Waals surface area contributed by atoms with Crippen LogP contribution in [-0.4, -0.2) is 31.1 Å². The zero-order valence-corrected chi connectivity index (χ0v) is 14.8. The average Bonchev–Trinajstić information content (AvgIpc) is 2.77. The molecule has 5 heteroatoms. The quantitative estimate of drug-likeness (QED) is 0.820. The number of hydrogen-bond acceptors (Lipinski definition) is 2. The fourth-order valence-corrected chi connectivity index (χ4v) is 3.47. The van der Waals surface area contributed by atoms with Crippen molar-refractivity contribution >= 4 is 22.0 Å². The van der Waals surface area contributed by atoms with Crippen LogP contribution in [0.25, 0.3) is 11.1 Å². The molecule has 0 atom stereocenters. The first-order chi connectivity index (χ1) is 11.1. The highest BCUT2D eigenvalue weighted by Crippen LogP contribution is 2.37. The molecule has 1 heterocycles. The fraction of sp³-hybridized carbons (Fsp3) is 0.278. The summed E-state index contributed by atoms with van der Waals surface area (Å²) < 4.78 is 6.78. The number of rotatable bonds is 1. The molecular weight excluding hydrogens is 356 g/mol. The second-order valence-corrected chi connectivity index (χ2v) is 6.44. The Hall–Kier alpha value is -2.01. The number of halogens is 1. The van der Waals surface area contributed by atoms with E-state index in [0.717, 1.165) is 21.3 Å². The van der Waals surface area contributed by atoms with Gasteiger partial charge in [0.15, 0.2) is 0 Å². The van der Waals surface area contributed by atoms with E-state index in [9.17, 15) is 4.79 Å². The molecule has 0 bridgehead atoms. The van der Waals surface area contributed by atoms with Crippen LogP contribution >= 0.6 is 15.9 Å². The molecule has 2 amide bonds. The predicted molar refractivity (Wildman–Crippen MR) is 94.7 cm³/mol. The first-order valence-electron chi connectivity index (χ1n) is 7.58. The summed E-state index contributed by atoms with van der Waals surface area (Å²) in [4.78, 5) is 13.7. The molecule has 0 unspecified atom stereocenters. The summed E-state index contributed by atoms with van der Waals surface area (Å²) in [6.07, 6.45) is 0. The molecule has 2 aromatic carbocycles. The van der Waals surface area contributed by atoms with Gasteiger partial charge < -0.3 is 15.0 Å². The van der Waals surface area contributed by atoms with Crippen LogP contribution in [-0.2, 0) is 6.54 Å². The lowest BCUT2D eigenvalue weighted by Crippen LogP contribution is -2.38. The number of fused-ring (bicyclic) bond motifs is 1. The van der Waals surface area contributed by atoms with E-state index in [4.69, 9.17) is 4.74 Å². The molecular formula is C18H19BrN2O2. The Morgan fingerprint density at radius 3 is 2.83 bits per heavy atom. The summed E-state index contributed by atoms with van der Waals surface area (Å²) in [5.74, 6) is 0.828.